The maximum Gasteiger partial charge on any atom is 0.232 e. The van der Waals surface area contributed by atoms with Crippen molar-refractivity contribution < 1.29 is 4.79 Å². The summed E-state index contributed by atoms with van der Waals surface area (Å²) >= 11 is 5.89. The molecule has 0 atom stereocenters. The van der Waals surface area contributed by atoms with Gasteiger partial charge in [0.2, 0.25) is 11.6 Å². The minimum atomic E-state index is -0.318. The standard InChI is InChI=1S/C13H12ClN3O/c1-7-6-8(2)17-13(16-7)12(18)9-4-3-5-10(14)11(9)15/h3-6H,15H2,1-2H3. The van der Waals surface area contributed by atoms with Crippen molar-refractivity contribution >= 4 is 23.1 Å². The minimum Gasteiger partial charge on any atom is -0.397 e. The van der Waals surface area contributed by atoms with Crippen LogP contribution in [0.2, 0.25) is 5.02 Å². The summed E-state index contributed by atoms with van der Waals surface area (Å²) in [6.45, 7) is 3.62. The molecular formula is C13H12ClN3O. The molecule has 0 saturated heterocycles. The monoisotopic (exact) mass is 261 g/mol. The molecule has 1 aromatic heterocycles. The molecule has 0 aliphatic heterocycles. The van der Waals surface area contributed by atoms with Gasteiger partial charge in [0.15, 0.2) is 0 Å². The van der Waals surface area contributed by atoms with E-state index in [2.05, 4.69) is 9.97 Å². The topological polar surface area (TPSA) is 68.9 Å². The number of aromatic nitrogens is 2. The first-order valence-corrected chi connectivity index (χ1v) is 5.78. The Hall–Kier alpha value is -1.94. The summed E-state index contributed by atoms with van der Waals surface area (Å²) in [6.07, 6.45) is 0. The van der Waals surface area contributed by atoms with Crippen LogP contribution in [0.3, 0.4) is 0 Å². The van der Waals surface area contributed by atoms with Crippen molar-refractivity contribution in [3.05, 3.63) is 52.1 Å². The van der Waals surface area contributed by atoms with Crippen LogP contribution >= 0.6 is 11.6 Å². The molecule has 4 nitrogen and oxygen atoms in total. The number of para-hydroxylation sites is 1. The van der Waals surface area contributed by atoms with Crippen molar-refractivity contribution in [1.82, 2.24) is 9.97 Å². The second-order valence-corrected chi connectivity index (χ2v) is 4.41. The van der Waals surface area contributed by atoms with Crippen molar-refractivity contribution in [1.29, 1.82) is 0 Å². The fourth-order valence-corrected chi connectivity index (χ4v) is 1.86. The van der Waals surface area contributed by atoms with Gasteiger partial charge in [-0.15, -0.1) is 0 Å². The van der Waals surface area contributed by atoms with Gasteiger partial charge in [-0.25, -0.2) is 9.97 Å². The number of anilines is 1. The van der Waals surface area contributed by atoms with E-state index < -0.39 is 0 Å². The van der Waals surface area contributed by atoms with Gasteiger partial charge < -0.3 is 5.73 Å². The molecule has 2 rings (SSSR count). The number of carbonyl (C=O) groups is 1. The third-order valence-electron chi connectivity index (χ3n) is 2.48. The molecule has 2 aromatic rings. The average Bonchev–Trinajstić information content (AvgIpc) is 2.30. The normalized spacial score (nSPS) is 10.4. The third kappa shape index (κ3) is 2.33. The molecule has 92 valence electrons. The van der Waals surface area contributed by atoms with E-state index in [-0.39, 0.29) is 17.3 Å². The predicted octanol–water partition coefficient (Wildman–Crippen LogP) is 2.56. The Morgan fingerprint density at radius 2 is 1.83 bits per heavy atom. The Balaban J connectivity index is 2.51. The molecule has 5 heteroatoms. The van der Waals surface area contributed by atoms with E-state index in [1.807, 2.05) is 13.8 Å². The zero-order chi connectivity index (χ0) is 13.3. The lowest BCUT2D eigenvalue weighted by Gasteiger charge is -2.06. The molecule has 0 spiro atoms. The Morgan fingerprint density at radius 1 is 1.22 bits per heavy atom. The van der Waals surface area contributed by atoms with E-state index in [0.717, 1.165) is 11.4 Å². The lowest BCUT2D eigenvalue weighted by molar-refractivity contribution is 0.102. The van der Waals surface area contributed by atoms with Crippen molar-refractivity contribution in [2.45, 2.75) is 13.8 Å². The van der Waals surface area contributed by atoms with Crippen molar-refractivity contribution in [2.75, 3.05) is 5.73 Å². The Morgan fingerprint density at radius 3 is 2.44 bits per heavy atom. The van der Waals surface area contributed by atoms with Crippen LogP contribution in [0.1, 0.15) is 27.6 Å². The molecule has 0 saturated carbocycles. The number of nitrogen functional groups attached to an aromatic ring is 1. The van der Waals surface area contributed by atoms with Gasteiger partial charge in [-0.2, -0.15) is 0 Å². The van der Waals surface area contributed by atoms with Gasteiger partial charge in [-0.05, 0) is 32.0 Å². The molecule has 0 radical (unpaired) electrons. The van der Waals surface area contributed by atoms with Crippen LogP contribution in [0.5, 0.6) is 0 Å². The molecular weight excluding hydrogens is 250 g/mol. The summed E-state index contributed by atoms with van der Waals surface area (Å²) < 4.78 is 0. The molecule has 1 heterocycles. The number of rotatable bonds is 2. The van der Waals surface area contributed by atoms with Crippen LogP contribution in [-0.2, 0) is 0 Å². The number of ketones is 1. The van der Waals surface area contributed by atoms with Crippen LogP contribution in [0.25, 0.3) is 0 Å². The van der Waals surface area contributed by atoms with Crippen LogP contribution in [0.15, 0.2) is 24.3 Å². The first kappa shape index (κ1) is 12.5. The van der Waals surface area contributed by atoms with E-state index in [9.17, 15) is 4.79 Å². The number of nitrogens with two attached hydrogens (primary N) is 1. The van der Waals surface area contributed by atoms with Crippen LogP contribution < -0.4 is 5.73 Å². The number of hydrogen-bond donors (Lipinski definition) is 1. The van der Waals surface area contributed by atoms with Crippen LogP contribution in [0, 0.1) is 13.8 Å². The number of aryl methyl sites for hydroxylation is 2. The lowest BCUT2D eigenvalue weighted by Crippen LogP contribution is -2.11. The SMILES string of the molecule is Cc1cc(C)nc(C(=O)c2cccc(Cl)c2N)n1. The molecule has 0 aliphatic carbocycles. The molecule has 0 bridgehead atoms. The van der Waals surface area contributed by atoms with Gasteiger partial charge in [0.25, 0.3) is 0 Å². The van der Waals surface area contributed by atoms with Gasteiger partial charge in [-0.3, -0.25) is 4.79 Å². The van der Waals surface area contributed by atoms with E-state index in [1.54, 1.807) is 24.3 Å². The predicted molar refractivity (Wildman–Crippen MR) is 70.8 cm³/mol. The van der Waals surface area contributed by atoms with Crippen molar-refractivity contribution in [2.24, 2.45) is 0 Å². The molecule has 1 aromatic carbocycles. The van der Waals surface area contributed by atoms with Gasteiger partial charge in [0.1, 0.15) is 0 Å². The maximum atomic E-state index is 12.3. The fraction of sp³-hybridized carbons (Fsp3) is 0.154. The molecule has 0 unspecified atom stereocenters. The Bertz CT molecular complexity index is 605. The molecule has 0 amide bonds. The summed E-state index contributed by atoms with van der Waals surface area (Å²) in [7, 11) is 0. The molecule has 0 aliphatic rings. The summed E-state index contributed by atoms with van der Waals surface area (Å²) in [5.41, 5.74) is 7.86. The summed E-state index contributed by atoms with van der Waals surface area (Å²) in [6, 6.07) is 6.73. The van der Waals surface area contributed by atoms with E-state index in [4.69, 9.17) is 17.3 Å². The van der Waals surface area contributed by atoms with E-state index in [0.29, 0.717) is 10.6 Å². The second kappa shape index (κ2) is 4.74. The number of carbonyl (C=O) groups excluding carboxylic acids is 1. The zero-order valence-electron chi connectivity index (χ0n) is 10.1. The first-order chi connectivity index (χ1) is 8.49. The Kier molecular flexibility index (Phi) is 3.30. The average molecular weight is 262 g/mol. The van der Waals surface area contributed by atoms with E-state index >= 15 is 0 Å². The third-order valence-corrected chi connectivity index (χ3v) is 2.81. The van der Waals surface area contributed by atoms with Gasteiger partial charge in [-0.1, -0.05) is 17.7 Å². The highest BCUT2D eigenvalue weighted by molar-refractivity contribution is 6.34. The summed E-state index contributed by atoms with van der Waals surface area (Å²) in [5, 5.41) is 0.352. The van der Waals surface area contributed by atoms with E-state index in [1.165, 1.54) is 0 Å². The number of hydrogen-bond acceptors (Lipinski definition) is 4. The van der Waals surface area contributed by atoms with Gasteiger partial charge >= 0.3 is 0 Å². The highest BCUT2D eigenvalue weighted by atomic mass is 35.5. The smallest absolute Gasteiger partial charge is 0.232 e. The minimum absolute atomic E-state index is 0.140. The number of benzene rings is 1. The fourth-order valence-electron chi connectivity index (χ4n) is 1.68. The number of nitrogens with zero attached hydrogens (tertiary/aromatic N) is 2. The van der Waals surface area contributed by atoms with Crippen LogP contribution in [-0.4, -0.2) is 15.8 Å². The molecule has 2 N–H and O–H groups in total. The Labute approximate surface area is 110 Å². The van der Waals surface area contributed by atoms with Gasteiger partial charge in [0.05, 0.1) is 16.3 Å². The highest BCUT2D eigenvalue weighted by Crippen LogP contribution is 2.23. The van der Waals surface area contributed by atoms with Crippen molar-refractivity contribution in [3.63, 3.8) is 0 Å². The van der Waals surface area contributed by atoms with Crippen LogP contribution in [0.4, 0.5) is 5.69 Å². The maximum absolute atomic E-state index is 12.3. The zero-order valence-corrected chi connectivity index (χ0v) is 10.8. The highest BCUT2D eigenvalue weighted by Gasteiger charge is 2.17. The van der Waals surface area contributed by atoms with Crippen molar-refractivity contribution in [3.8, 4) is 0 Å². The summed E-state index contributed by atoms with van der Waals surface area (Å²) in [5.74, 6) is -0.178. The lowest BCUT2D eigenvalue weighted by atomic mass is 10.1. The number of halogens is 1. The summed E-state index contributed by atoms with van der Waals surface area (Å²) in [4.78, 5) is 20.5. The quantitative estimate of drug-likeness (QED) is 0.666. The first-order valence-electron chi connectivity index (χ1n) is 5.40. The second-order valence-electron chi connectivity index (χ2n) is 4.00. The molecule has 18 heavy (non-hydrogen) atoms. The van der Waals surface area contributed by atoms with Gasteiger partial charge in [0, 0.05) is 11.4 Å². The largest absolute Gasteiger partial charge is 0.397 e. The molecule has 0 fully saturated rings.